The number of benzene rings is 1. The topological polar surface area (TPSA) is 96.1 Å². The van der Waals surface area contributed by atoms with Gasteiger partial charge in [-0.25, -0.2) is 14.2 Å². The lowest BCUT2D eigenvalue weighted by Gasteiger charge is -2.30. The average Bonchev–Trinajstić information content (AvgIpc) is 3.23. The molecule has 1 fully saturated rings. The fourth-order valence-electron chi connectivity index (χ4n) is 4.30. The fraction of sp³-hybridized carbons (Fsp3) is 0.400. The summed E-state index contributed by atoms with van der Waals surface area (Å²) in [4.78, 5) is 32.2. The normalized spacial score (nSPS) is 18.7. The maximum atomic E-state index is 14.6. The van der Waals surface area contributed by atoms with Crippen molar-refractivity contribution in [2.75, 3.05) is 5.32 Å². The van der Waals surface area contributed by atoms with Gasteiger partial charge in [0.05, 0.1) is 6.20 Å². The van der Waals surface area contributed by atoms with Gasteiger partial charge in [0.2, 0.25) is 5.91 Å². The van der Waals surface area contributed by atoms with E-state index >= 15 is 0 Å². The highest BCUT2D eigenvalue weighted by atomic mass is 19.1. The number of ether oxygens (including phenoxy) is 1. The summed E-state index contributed by atoms with van der Waals surface area (Å²) in [5.74, 6) is -0.621. The van der Waals surface area contributed by atoms with E-state index in [4.69, 9.17) is 4.74 Å². The first kappa shape index (κ1) is 22.8. The SMILES string of the molecule is CC(C)(C)OC(=O)N[C@@H]1CCC[C@H](C(=O)Nc2cc(-c3cccc4[nH]ccc34)c(F)cn2)C1. The zero-order valence-electron chi connectivity index (χ0n) is 19.1. The van der Waals surface area contributed by atoms with E-state index in [9.17, 15) is 14.0 Å². The van der Waals surface area contributed by atoms with Gasteiger partial charge in [0, 0.05) is 34.6 Å². The lowest BCUT2D eigenvalue weighted by atomic mass is 9.85. The Morgan fingerprint density at radius 3 is 2.79 bits per heavy atom. The Labute approximate surface area is 192 Å². The van der Waals surface area contributed by atoms with E-state index in [1.807, 2.05) is 45.0 Å². The van der Waals surface area contributed by atoms with Crippen LogP contribution >= 0.6 is 0 Å². The van der Waals surface area contributed by atoms with Crippen molar-refractivity contribution < 1.29 is 18.7 Å². The highest BCUT2D eigenvalue weighted by Gasteiger charge is 2.29. The number of anilines is 1. The van der Waals surface area contributed by atoms with Gasteiger partial charge < -0.3 is 20.4 Å². The Morgan fingerprint density at radius 2 is 2.00 bits per heavy atom. The maximum Gasteiger partial charge on any atom is 0.407 e. The highest BCUT2D eigenvalue weighted by Crippen LogP contribution is 2.32. The number of carbonyl (C=O) groups is 2. The number of aromatic amines is 1. The molecule has 1 aliphatic carbocycles. The van der Waals surface area contributed by atoms with Crippen LogP contribution in [0.4, 0.5) is 15.0 Å². The zero-order valence-corrected chi connectivity index (χ0v) is 19.1. The first-order chi connectivity index (χ1) is 15.7. The van der Waals surface area contributed by atoms with E-state index in [2.05, 4.69) is 20.6 Å². The first-order valence-electron chi connectivity index (χ1n) is 11.2. The monoisotopic (exact) mass is 452 g/mol. The average molecular weight is 453 g/mol. The molecule has 1 saturated carbocycles. The first-order valence-corrected chi connectivity index (χ1v) is 11.2. The Morgan fingerprint density at radius 1 is 1.18 bits per heavy atom. The molecular weight excluding hydrogens is 423 g/mol. The number of rotatable bonds is 4. The molecule has 33 heavy (non-hydrogen) atoms. The molecular formula is C25H29FN4O3. The lowest BCUT2D eigenvalue weighted by Crippen LogP contribution is -2.43. The Bertz CT molecular complexity index is 1170. The van der Waals surface area contributed by atoms with Gasteiger partial charge >= 0.3 is 6.09 Å². The van der Waals surface area contributed by atoms with Gasteiger partial charge in [0.25, 0.3) is 0 Å². The quantitative estimate of drug-likeness (QED) is 0.494. The second-order valence-corrected chi connectivity index (χ2v) is 9.49. The van der Waals surface area contributed by atoms with E-state index in [1.54, 1.807) is 12.3 Å². The van der Waals surface area contributed by atoms with Crippen molar-refractivity contribution in [3.8, 4) is 11.1 Å². The van der Waals surface area contributed by atoms with E-state index in [0.717, 1.165) is 41.9 Å². The highest BCUT2D eigenvalue weighted by molar-refractivity contribution is 5.97. The maximum absolute atomic E-state index is 14.6. The molecule has 2 amide bonds. The van der Waals surface area contributed by atoms with Crippen LogP contribution in [0.3, 0.4) is 0 Å². The number of hydrogen-bond acceptors (Lipinski definition) is 4. The van der Waals surface area contributed by atoms with Crippen LogP contribution in [0.2, 0.25) is 0 Å². The van der Waals surface area contributed by atoms with E-state index in [0.29, 0.717) is 17.8 Å². The van der Waals surface area contributed by atoms with Crippen molar-refractivity contribution in [1.82, 2.24) is 15.3 Å². The second kappa shape index (κ2) is 9.21. The van der Waals surface area contributed by atoms with Crippen molar-refractivity contribution in [3.05, 3.63) is 48.5 Å². The molecule has 8 heteroatoms. The summed E-state index contributed by atoms with van der Waals surface area (Å²) in [5, 5.41) is 6.59. The van der Waals surface area contributed by atoms with Crippen LogP contribution in [0, 0.1) is 11.7 Å². The predicted octanol–water partition coefficient (Wildman–Crippen LogP) is 5.39. The van der Waals surface area contributed by atoms with Gasteiger partial charge in [-0.3, -0.25) is 4.79 Å². The van der Waals surface area contributed by atoms with Crippen LogP contribution in [0.5, 0.6) is 0 Å². The third-order valence-corrected chi connectivity index (χ3v) is 5.76. The summed E-state index contributed by atoms with van der Waals surface area (Å²) in [7, 11) is 0. The smallest absolute Gasteiger partial charge is 0.407 e. The van der Waals surface area contributed by atoms with Crippen molar-refractivity contribution in [3.63, 3.8) is 0 Å². The lowest BCUT2D eigenvalue weighted by molar-refractivity contribution is -0.121. The van der Waals surface area contributed by atoms with Crippen molar-refractivity contribution >= 4 is 28.7 Å². The Balaban J connectivity index is 1.45. The summed E-state index contributed by atoms with van der Waals surface area (Å²) in [5.41, 5.74) is 1.42. The van der Waals surface area contributed by atoms with Crippen LogP contribution in [-0.2, 0) is 9.53 Å². The van der Waals surface area contributed by atoms with Crippen LogP contribution in [-0.4, -0.2) is 33.6 Å². The number of amides is 2. The summed E-state index contributed by atoms with van der Waals surface area (Å²) in [6.07, 6.45) is 5.30. The summed E-state index contributed by atoms with van der Waals surface area (Å²) in [6, 6.07) is 8.94. The van der Waals surface area contributed by atoms with Gasteiger partial charge in [-0.2, -0.15) is 0 Å². The molecule has 0 unspecified atom stereocenters. The molecule has 3 aromatic rings. The van der Waals surface area contributed by atoms with E-state index in [1.165, 1.54) is 0 Å². The zero-order chi connectivity index (χ0) is 23.6. The number of pyridine rings is 1. The molecule has 0 radical (unpaired) electrons. The van der Waals surface area contributed by atoms with Crippen LogP contribution in [0.25, 0.3) is 22.0 Å². The van der Waals surface area contributed by atoms with Gasteiger partial charge in [-0.15, -0.1) is 0 Å². The molecule has 174 valence electrons. The Hall–Kier alpha value is -3.42. The molecule has 0 spiro atoms. The van der Waals surface area contributed by atoms with Crippen molar-refractivity contribution in [1.29, 1.82) is 0 Å². The molecule has 0 saturated heterocycles. The van der Waals surface area contributed by atoms with Crippen molar-refractivity contribution in [2.45, 2.75) is 58.1 Å². The summed E-state index contributed by atoms with van der Waals surface area (Å²) >= 11 is 0. The van der Waals surface area contributed by atoms with Crippen LogP contribution in [0.1, 0.15) is 46.5 Å². The molecule has 0 aliphatic heterocycles. The van der Waals surface area contributed by atoms with E-state index < -0.39 is 17.5 Å². The number of hydrogen-bond donors (Lipinski definition) is 3. The standard InChI is InChI=1S/C25H29FN4O3/c1-25(2,3)33-24(32)29-16-7-4-6-15(12-16)23(31)30-22-13-19(20(26)14-28-22)17-8-5-9-21-18(17)10-11-27-21/h5,8-11,13-16,27H,4,6-7,12H2,1-3H3,(H,29,32)(H,28,30,31)/t15-,16+/m0/s1. The van der Waals surface area contributed by atoms with Gasteiger partial charge in [0.15, 0.2) is 0 Å². The molecule has 1 aliphatic rings. The summed E-state index contributed by atoms with van der Waals surface area (Å²) < 4.78 is 20.0. The van der Waals surface area contributed by atoms with Crippen LogP contribution in [0.15, 0.2) is 42.7 Å². The number of fused-ring (bicyclic) bond motifs is 1. The molecule has 2 heterocycles. The molecule has 1 aromatic carbocycles. The third-order valence-electron chi connectivity index (χ3n) is 5.76. The van der Waals surface area contributed by atoms with Gasteiger partial charge in [-0.05, 0) is 63.8 Å². The largest absolute Gasteiger partial charge is 0.444 e. The molecule has 4 rings (SSSR count). The molecule has 2 aromatic heterocycles. The summed E-state index contributed by atoms with van der Waals surface area (Å²) in [6.45, 7) is 5.43. The van der Waals surface area contributed by atoms with Gasteiger partial charge in [0.1, 0.15) is 17.2 Å². The number of aromatic nitrogens is 2. The fourth-order valence-corrected chi connectivity index (χ4v) is 4.30. The molecule has 3 N–H and O–H groups in total. The minimum Gasteiger partial charge on any atom is -0.444 e. The number of H-pyrrole nitrogens is 1. The third kappa shape index (κ3) is 5.50. The molecule has 2 atom stereocenters. The van der Waals surface area contributed by atoms with Crippen LogP contribution < -0.4 is 10.6 Å². The minimum absolute atomic E-state index is 0.132. The molecule has 7 nitrogen and oxygen atoms in total. The number of halogens is 1. The minimum atomic E-state index is -0.577. The second-order valence-electron chi connectivity index (χ2n) is 9.49. The van der Waals surface area contributed by atoms with E-state index in [-0.39, 0.29) is 17.9 Å². The van der Waals surface area contributed by atoms with Gasteiger partial charge in [-0.1, -0.05) is 18.6 Å². The Kier molecular flexibility index (Phi) is 6.35. The van der Waals surface area contributed by atoms with Crippen molar-refractivity contribution in [2.24, 2.45) is 5.92 Å². The number of nitrogens with one attached hydrogen (secondary N) is 3. The number of carbonyl (C=O) groups excluding carboxylic acids is 2. The molecule has 0 bridgehead atoms. The number of alkyl carbamates (subject to hydrolysis) is 1. The predicted molar refractivity (Wildman–Crippen MR) is 125 cm³/mol. The number of nitrogens with zero attached hydrogens (tertiary/aromatic N) is 1.